The van der Waals surface area contributed by atoms with E-state index in [1.807, 2.05) is 6.92 Å². The number of nitrogens with one attached hydrogen (secondary N) is 2. The molecule has 1 fully saturated rings. The van der Waals surface area contributed by atoms with Crippen molar-refractivity contribution < 1.29 is 38.7 Å². The second-order valence-corrected chi connectivity index (χ2v) is 11.8. The molecule has 3 heterocycles. The summed E-state index contributed by atoms with van der Waals surface area (Å²) in [5, 5.41) is 19.3. The van der Waals surface area contributed by atoms with Crippen LogP contribution in [-0.4, -0.2) is 86.0 Å². The molecule has 13 nitrogen and oxygen atoms in total. The zero-order valence-electron chi connectivity index (χ0n) is 20.3. The number of anilines is 1. The van der Waals surface area contributed by atoms with Crippen LogP contribution in [0, 0.1) is 0 Å². The van der Waals surface area contributed by atoms with Gasteiger partial charge in [0.15, 0.2) is 10.8 Å². The summed E-state index contributed by atoms with van der Waals surface area (Å²) in [7, 11) is 0. The van der Waals surface area contributed by atoms with Gasteiger partial charge in [0.2, 0.25) is 13.0 Å². The Morgan fingerprint density at radius 3 is 2.73 bits per heavy atom. The van der Waals surface area contributed by atoms with Crippen LogP contribution in [0.5, 0.6) is 0 Å². The lowest BCUT2D eigenvalue weighted by molar-refractivity contribution is -0.160. The number of rotatable bonds is 11. The minimum absolute atomic E-state index is 0.0312. The lowest BCUT2D eigenvalue weighted by atomic mass is 10.0. The molecule has 0 spiro atoms. The Hall–Kier alpha value is -3.11. The quantitative estimate of drug-likeness (QED) is 0.114. The predicted octanol–water partition coefficient (Wildman–Crippen LogP) is 1.22. The number of carboxylic acid groups (broad SMARTS) is 1. The molecule has 2 atom stereocenters. The third-order valence-corrected chi connectivity index (χ3v) is 7.85. The Labute approximate surface area is 224 Å². The maximum absolute atomic E-state index is 13.1. The van der Waals surface area contributed by atoms with E-state index >= 15 is 0 Å². The first-order chi connectivity index (χ1) is 17.5. The molecule has 3 N–H and O–H groups in total. The van der Waals surface area contributed by atoms with Crippen LogP contribution >= 0.6 is 34.9 Å². The first kappa shape index (κ1) is 28.5. The smallest absolute Gasteiger partial charge is 0.353 e. The fourth-order valence-corrected chi connectivity index (χ4v) is 6.37. The third-order valence-electron chi connectivity index (χ3n) is 4.64. The van der Waals surface area contributed by atoms with E-state index in [9.17, 15) is 29.1 Å². The highest BCUT2D eigenvalue weighted by atomic mass is 32.2. The molecule has 0 radical (unpaired) electrons. The number of hydrogen-bond acceptors (Lipinski definition) is 12. The third kappa shape index (κ3) is 6.81. The Kier molecular flexibility index (Phi) is 9.20. The molecular formula is C21H25N5O8S3. The number of hydrogen-bond donors (Lipinski definition) is 3. The van der Waals surface area contributed by atoms with Gasteiger partial charge in [-0.2, -0.15) is 0 Å². The van der Waals surface area contributed by atoms with Crippen LogP contribution in [0.2, 0.25) is 0 Å². The Balaban J connectivity index is 1.78. The van der Waals surface area contributed by atoms with Crippen molar-refractivity contribution in [2.24, 2.45) is 5.16 Å². The summed E-state index contributed by atoms with van der Waals surface area (Å²) in [6.45, 7) is 6.34. The van der Waals surface area contributed by atoms with E-state index in [1.54, 1.807) is 20.8 Å². The molecule has 1 unspecified atom stereocenters. The van der Waals surface area contributed by atoms with E-state index in [0.29, 0.717) is 22.8 Å². The van der Waals surface area contributed by atoms with Gasteiger partial charge >= 0.3 is 11.9 Å². The van der Waals surface area contributed by atoms with E-state index in [1.165, 1.54) is 33.8 Å². The summed E-state index contributed by atoms with van der Waals surface area (Å²) in [5.41, 5.74) is -1.14. The summed E-state index contributed by atoms with van der Waals surface area (Å²) < 4.78 is 5.14. The van der Waals surface area contributed by atoms with Crippen LogP contribution in [-0.2, 0) is 33.5 Å². The Bertz CT molecular complexity index is 1160. The van der Waals surface area contributed by atoms with Crippen molar-refractivity contribution in [1.29, 1.82) is 0 Å². The molecule has 200 valence electrons. The molecule has 0 saturated carbocycles. The van der Waals surface area contributed by atoms with E-state index in [4.69, 9.17) is 9.57 Å². The largest absolute Gasteiger partial charge is 0.477 e. The molecule has 0 bridgehead atoms. The summed E-state index contributed by atoms with van der Waals surface area (Å²) >= 11 is 3.71. The molecular weight excluding hydrogens is 546 g/mol. The van der Waals surface area contributed by atoms with Crippen molar-refractivity contribution >= 4 is 75.9 Å². The van der Waals surface area contributed by atoms with Gasteiger partial charge in [0.25, 0.3) is 11.8 Å². The van der Waals surface area contributed by atoms with E-state index in [-0.39, 0.29) is 22.2 Å². The van der Waals surface area contributed by atoms with Crippen LogP contribution < -0.4 is 10.6 Å². The molecule has 37 heavy (non-hydrogen) atoms. The molecule has 1 aromatic rings. The van der Waals surface area contributed by atoms with Crippen molar-refractivity contribution in [3.63, 3.8) is 0 Å². The fourth-order valence-electron chi connectivity index (χ4n) is 3.31. The van der Waals surface area contributed by atoms with Gasteiger partial charge in [-0.15, -0.1) is 34.9 Å². The fraction of sp³-hybridized carbons (Fsp3) is 0.476. The lowest BCUT2D eigenvalue weighted by Gasteiger charge is -2.49. The number of thiazole rings is 1. The second kappa shape index (κ2) is 12.0. The van der Waals surface area contributed by atoms with Crippen LogP contribution in [0.3, 0.4) is 0 Å². The normalized spacial score (nSPS) is 19.5. The number of carbonyl (C=O) groups is 5. The van der Waals surface area contributed by atoms with Crippen LogP contribution in [0.15, 0.2) is 21.1 Å². The van der Waals surface area contributed by atoms with Gasteiger partial charge < -0.3 is 25.3 Å². The average Bonchev–Trinajstić information content (AvgIpc) is 3.27. The summed E-state index contributed by atoms with van der Waals surface area (Å²) in [5.74, 6) is -2.30. The topological polar surface area (TPSA) is 177 Å². The number of thioether (sulfide) groups is 2. The average molecular weight is 572 g/mol. The number of aliphatic carboxylic acids is 1. The minimum atomic E-state index is -1.21. The van der Waals surface area contributed by atoms with Gasteiger partial charge in [-0.25, -0.2) is 14.6 Å². The van der Waals surface area contributed by atoms with Crippen molar-refractivity contribution in [3.8, 4) is 0 Å². The monoisotopic (exact) mass is 571 g/mol. The van der Waals surface area contributed by atoms with Crippen LogP contribution in [0.25, 0.3) is 0 Å². The minimum Gasteiger partial charge on any atom is -0.477 e. The Morgan fingerprint density at radius 2 is 2.11 bits per heavy atom. The molecule has 2 aliphatic heterocycles. The first-order valence-electron chi connectivity index (χ1n) is 10.9. The number of carboxylic acids is 1. The van der Waals surface area contributed by atoms with Gasteiger partial charge in [0.1, 0.15) is 28.4 Å². The second-order valence-electron chi connectivity index (χ2n) is 8.47. The molecule has 0 aliphatic carbocycles. The van der Waals surface area contributed by atoms with E-state index < -0.39 is 47.4 Å². The number of amides is 3. The zero-order chi connectivity index (χ0) is 27.3. The van der Waals surface area contributed by atoms with E-state index in [2.05, 4.69) is 20.8 Å². The van der Waals surface area contributed by atoms with Gasteiger partial charge in [-0.05, 0) is 26.5 Å². The van der Waals surface area contributed by atoms with Crippen LogP contribution in [0.4, 0.5) is 5.13 Å². The highest BCUT2D eigenvalue weighted by Gasteiger charge is 2.54. The zero-order valence-corrected chi connectivity index (χ0v) is 22.8. The molecule has 2 aliphatic rings. The van der Waals surface area contributed by atoms with Crippen molar-refractivity contribution in [2.45, 2.75) is 44.7 Å². The standard InChI is InChI=1S/C21H25N5O8S3/c1-5-35-11-8-36-18-14(17(30)26(18)15(11)19(31)32)24-16(29)13(10-7-37-20(23-10)22-9-27)25-33-6-12(28)34-21(2,3)4/h7,9,14,18H,5-6,8H2,1-4H3,(H,24,29)(H,31,32)(H,22,23,27)/b25-13+/t14?,18-/m1/s1. The van der Waals surface area contributed by atoms with Gasteiger partial charge in [-0.3, -0.25) is 19.3 Å². The summed E-state index contributed by atoms with van der Waals surface area (Å²) in [4.78, 5) is 71.4. The number of oxime groups is 1. The van der Waals surface area contributed by atoms with E-state index in [0.717, 1.165) is 11.3 Å². The van der Waals surface area contributed by atoms with Crippen molar-refractivity contribution in [1.82, 2.24) is 15.2 Å². The van der Waals surface area contributed by atoms with Gasteiger partial charge in [-0.1, -0.05) is 12.1 Å². The number of esters is 1. The summed E-state index contributed by atoms with van der Waals surface area (Å²) in [6, 6.07) is -1.01. The number of aromatic nitrogens is 1. The molecule has 1 aromatic heterocycles. The molecule has 16 heteroatoms. The maximum Gasteiger partial charge on any atom is 0.353 e. The molecule has 3 rings (SSSR count). The Morgan fingerprint density at radius 1 is 1.38 bits per heavy atom. The molecule has 0 aromatic carbocycles. The number of carbonyl (C=O) groups excluding carboxylic acids is 4. The highest BCUT2D eigenvalue weighted by Crippen LogP contribution is 2.43. The molecule has 3 amide bonds. The number of nitrogens with zero attached hydrogens (tertiary/aromatic N) is 3. The highest BCUT2D eigenvalue weighted by molar-refractivity contribution is 8.06. The number of ether oxygens (including phenoxy) is 1. The van der Waals surface area contributed by atoms with Crippen molar-refractivity contribution in [2.75, 3.05) is 23.4 Å². The van der Waals surface area contributed by atoms with Crippen LogP contribution in [0.1, 0.15) is 33.4 Å². The maximum atomic E-state index is 13.1. The number of β-lactam (4-membered cyclic amide) rings is 1. The summed E-state index contributed by atoms with van der Waals surface area (Å²) in [6.07, 6.45) is 0.416. The van der Waals surface area contributed by atoms with Gasteiger partial charge in [0.05, 0.1) is 0 Å². The first-order valence-corrected chi connectivity index (χ1v) is 13.8. The van der Waals surface area contributed by atoms with Gasteiger partial charge in [0, 0.05) is 16.0 Å². The number of fused-ring (bicyclic) bond motifs is 1. The van der Waals surface area contributed by atoms with Crippen molar-refractivity contribution in [3.05, 3.63) is 21.7 Å². The predicted molar refractivity (Wildman–Crippen MR) is 138 cm³/mol. The molecule has 1 saturated heterocycles. The SMILES string of the molecule is CCSC1=C(C(=O)O)N2C(=O)C(NC(=O)/C(=N/OCC(=O)OC(C)(C)C)c3csc(NC=O)n3)[C@H]2SC1. The lowest BCUT2D eigenvalue weighted by Crippen LogP contribution is -2.71.